The Hall–Kier alpha value is -2.67. The van der Waals surface area contributed by atoms with E-state index in [4.69, 9.17) is 4.74 Å². The van der Waals surface area contributed by atoms with Gasteiger partial charge in [0.05, 0.1) is 12.6 Å². The lowest BCUT2D eigenvalue weighted by molar-refractivity contribution is 0.417. The molecule has 2 aromatic heterocycles. The zero-order valence-corrected chi connectivity index (χ0v) is 14.5. The SMILES string of the molecule is COc1ccc2cccnc2c1NS(=O)(=O)c1ncccc1C1CC1. The van der Waals surface area contributed by atoms with Gasteiger partial charge in [-0.3, -0.25) is 9.71 Å². The second kappa shape index (κ2) is 6.00. The van der Waals surface area contributed by atoms with E-state index in [1.165, 1.54) is 13.3 Å². The Morgan fingerprint density at radius 2 is 1.84 bits per heavy atom. The number of sulfonamides is 1. The standard InChI is InChI=1S/C18H17N3O3S/c1-24-15-9-8-13-4-2-10-19-16(13)17(15)21-25(22,23)18-14(12-6-7-12)5-3-11-20-18/h2-5,8-12,21H,6-7H2,1H3. The van der Waals surface area contributed by atoms with Crippen LogP contribution < -0.4 is 9.46 Å². The number of hydrogen-bond donors (Lipinski definition) is 1. The molecule has 0 radical (unpaired) electrons. The summed E-state index contributed by atoms with van der Waals surface area (Å²) >= 11 is 0. The van der Waals surface area contributed by atoms with Gasteiger partial charge >= 0.3 is 0 Å². The minimum atomic E-state index is -3.85. The molecule has 1 saturated carbocycles. The van der Waals surface area contributed by atoms with E-state index in [0.29, 0.717) is 17.0 Å². The van der Waals surface area contributed by atoms with Gasteiger partial charge in [0, 0.05) is 17.8 Å². The second-order valence-corrected chi connectivity index (χ2v) is 7.59. The van der Waals surface area contributed by atoms with Crippen LogP contribution in [0.5, 0.6) is 5.75 Å². The molecule has 0 atom stereocenters. The molecule has 0 amide bonds. The molecule has 4 rings (SSSR count). The normalized spacial score (nSPS) is 14.4. The van der Waals surface area contributed by atoms with Crippen LogP contribution in [-0.4, -0.2) is 25.5 Å². The zero-order chi connectivity index (χ0) is 17.4. The maximum absolute atomic E-state index is 13.0. The highest BCUT2D eigenvalue weighted by Crippen LogP contribution is 2.43. The summed E-state index contributed by atoms with van der Waals surface area (Å²) in [5.41, 5.74) is 1.63. The second-order valence-electron chi connectivity index (χ2n) is 6.00. The molecule has 0 spiro atoms. The van der Waals surface area contributed by atoms with Gasteiger partial charge in [0.1, 0.15) is 11.4 Å². The van der Waals surface area contributed by atoms with Crippen LogP contribution >= 0.6 is 0 Å². The number of aromatic nitrogens is 2. The van der Waals surface area contributed by atoms with Crippen molar-refractivity contribution in [3.63, 3.8) is 0 Å². The Bertz CT molecular complexity index is 1050. The number of hydrogen-bond acceptors (Lipinski definition) is 5. The van der Waals surface area contributed by atoms with Crippen molar-refractivity contribution < 1.29 is 13.2 Å². The molecule has 0 unspecified atom stereocenters. The summed E-state index contributed by atoms with van der Waals surface area (Å²) < 4.78 is 34.0. The van der Waals surface area contributed by atoms with E-state index in [0.717, 1.165) is 23.8 Å². The highest BCUT2D eigenvalue weighted by atomic mass is 32.2. The van der Waals surface area contributed by atoms with Gasteiger partial charge in [-0.05, 0) is 48.6 Å². The van der Waals surface area contributed by atoms with Crippen molar-refractivity contribution in [1.29, 1.82) is 0 Å². The molecule has 7 heteroatoms. The lowest BCUT2D eigenvalue weighted by Crippen LogP contribution is -2.17. The summed E-state index contributed by atoms with van der Waals surface area (Å²) in [5.74, 6) is 0.687. The first-order chi connectivity index (χ1) is 12.1. The number of ether oxygens (including phenoxy) is 1. The number of pyridine rings is 2. The number of nitrogens with one attached hydrogen (secondary N) is 1. The van der Waals surface area contributed by atoms with Crippen LogP contribution in [0.3, 0.4) is 0 Å². The van der Waals surface area contributed by atoms with Gasteiger partial charge in [-0.15, -0.1) is 0 Å². The zero-order valence-electron chi connectivity index (χ0n) is 13.6. The van der Waals surface area contributed by atoms with Crippen LogP contribution in [0.15, 0.2) is 53.8 Å². The van der Waals surface area contributed by atoms with Crippen molar-refractivity contribution in [2.24, 2.45) is 0 Å². The molecule has 1 N–H and O–H groups in total. The van der Waals surface area contributed by atoms with E-state index >= 15 is 0 Å². The van der Waals surface area contributed by atoms with Crippen LogP contribution in [0.4, 0.5) is 5.69 Å². The number of benzene rings is 1. The lowest BCUT2D eigenvalue weighted by Gasteiger charge is -2.15. The van der Waals surface area contributed by atoms with Gasteiger partial charge in [0.2, 0.25) is 0 Å². The van der Waals surface area contributed by atoms with E-state index in [1.54, 1.807) is 24.4 Å². The maximum Gasteiger partial charge on any atom is 0.279 e. The molecule has 1 aliphatic rings. The lowest BCUT2D eigenvalue weighted by atomic mass is 10.2. The Labute approximate surface area is 145 Å². The maximum atomic E-state index is 13.0. The van der Waals surface area contributed by atoms with Crippen LogP contribution in [0, 0.1) is 0 Å². The fourth-order valence-corrected chi connectivity index (χ4v) is 4.22. The third-order valence-corrected chi connectivity index (χ3v) is 5.59. The van der Waals surface area contributed by atoms with E-state index in [-0.39, 0.29) is 10.9 Å². The Kier molecular flexibility index (Phi) is 3.80. The summed E-state index contributed by atoms with van der Waals surface area (Å²) in [6, 6.07) is 10.8. The first kappa shape index (κ1) is 15.8. The Balaban J connectivity index is 1.83. The van der Waals surface area contributed by atoms with Gasteiger partial charge in [-0.1, -0.05) is 12.1 Å². The van der Waals surface area contributed by atoms with Crippen molar-refractivity contribution in [1.82, 2.24) is 9.97 Å². The first-order valence-electron chi connectivity index (χ1n) is 7.99. The molecule has 0 bridgehead atoms. The number of fused-ring (bicyclic) bond motifs is 1. The minimum absolute atomic E-state index is 0.0764. The van der Waals surface area contributed by atoms with Crippen LogP contribution in [0.1, 0.15) is 24.3 Å². The highest BCUT2D eigenvalue weighted by Gasteiger charge is 2.32. The van der Waals surface area contributed by atoms with Crippen LogP contribution in [0.2, 0.25) is 0 Å². The largest absolute Gasteiger partial charge is 0.494 e. The Morgan fingerprint density at radius 1 is 1.08 bits per heavy atom. The molecule has 3 aromatic rings. The summed E-state index contributed by atoms with van der Waals surface area (Å²) in [6.45, 7) is 0. The molecular formula is C18H17N3O3S. The topological polar surface area (TPSA) is 81.2 Å². The molecule has 1 aromatic carbocycles. The van der Waals surface area contributed by atoms with E-state index in [1.807, 2.05) is 18.2 Å². The molecule has 1 aliphatic carbocycles. The van der Waals surface area contributed by atoms with E-state index < -0.39 is 10.0 Å². The molecule has 25 heavy (non-hydrogen) atoms. The molecule has 0 aliphatic heterocycles. The fourth-order valence-electron chi connectivity index (χ4n) is 2.91. The summed E-state index contributed by atoms with van der Waals surface area (Å²) in [5, 5.41) is 0.900. The average Bonchev–Trinajstić information content (AvgIpc) is 3.47. The van der Waals surface area contributed by atoms with Crippen molar-refractivity contribution >= 4 is 26.6 Å². The van der Waals surface area contributed by atoms with Crippen LogP contribution in [0.25, 0.3) is 10.9 Å². The molecule has 0 saturated heterocycles. The van der Waals surface area contributed by atoms with Crippen molar-refractivity contribution in [2.75, 3.05) is 11.8 Å². The number of rotatable bonds is 5. The third kappa shape index (κ3) is 2.91. The van der Waals surface area contributed by atoms with E-state index in [2.05, 4.69) is 14.7 Å². The summed E-state index contributed by atoms with van der Waals surface area (Å²) in [7, 11) is -2.36. The third-order valence-electron chi connectivity index (χ3n) is 4.27. The molecule has 2 heterocycles. The Morgan fingerprint density at radius 3 is 2.60 bits per heavy atom. The van der Waals surface area contributed by atoms with Crippen molar-refractivity contribution in [3.8, 4) is 5.75 Å². The predicted molar refractivity (Wildman–Crippen MR) is 95.3 cm³/mol. The highest BCUT2D eigenvalue weighted by molar-refractivity contribution is 7.92. The van der Waals surface area contributed by atoms with Crippen molar-refractivity contribution in [3.05, 3.63) is 54.4 Å². The first-order valence-corrected chi connectivity index (χ1v) is 9.48. The number of methoxy groups -OCH3 is 1. The van der Waals surface area contributed by atoms with Crippen LogP contribution in [-0.2, 0) is 10.0 Å². The fraction of sp³-hybridized carbons (Fsp3) is 0.222. The molecule has 128 valence electrons. The smallest absolute Gasteiger partial charge is 0.279 e. The number of anilines is 1. The number of nitrogens with zero attached hydrogens (tertiary/aromatic N) is 2. The molecule has 1 fully saturated rings. The quantitative estimate of drug-likeness (QED) is 0.759. The summed E-state index contributed by atoms with van der Waals surface area (Å²) in [6.07, 6.45) is 5.11. The monoisotopic (exact) mass is 355 g/mol. The summed E-state index contributed by atoms with van der Waals surface area (Å²) in [4.78, 5) is 8.44. The molecule has 6 nitrogen and oxygen atoms in total. The molecular weight excluding hydrogens is 338 g/mol. The van der Waals surface area contributed by atoms with Gasteiger partial charge < -0.3 is 4.74 Å². The minimum Gasteiger partial charge on any atom is -0.494 e. The van der Waals surface area contributed by atoms with Gasteiger partial charge in [0.15, 0.2) is 5.03 Å². The van der Waals surface area contributed by atoms with Gasteiger partial charge in [-0.25, -0.2) is 4.98 Å². The predicted octanol–water partition coefficient (Wildman–Crippen LogP) is 3.32. The average molecular weight is 355 g/mol. The van der Waals surface area contributed by atoms with Crippen molar-refractivity contribution in [2.45, 2.75) is 23.8 Å². The van der Waals surface area contributed by atoms with Gasteiger partial charge in [-0.2, -0.15) is 8.42 Å². The van der Waals surface area contributed by atoms with Gasteiger partial charge in [0.25, 0.3) is 10.0 Å². The van der Waals surface area contributed by atoms with E-state index in [9.17, 15) is 8.42 Å².